The molecule has 0 aromatic rings. The fraction of sp³-hybridized carbons (Fsp3) is 0.800. The molecule has 0 aromatic heterocycles. The van der Waals surface area contributed by atoms with Crippen molar-refractivity contribution in [3.8, 4) is 0 Å². The van der Waals surface area contributed by atoms with Crippen molar-refractivity contribution in [3.05, 3.63) is 11.1 Å². The zero-order valence-corrected chi connectivity index (χ0v) is 9.93. The fourth-order valence-electron chi connectivity index (χ4n) is 1.83. The number of hydrogen-bond acceptors (Lipinski definition) is 2. The Labute approximate surface area is 88.9 Å². The van der Waals surface area contributed by atoms with Gasteiger partial charge in [-0.2, -0.15) is 0 Å². The van der Waals surface area contributed by atoms with Crippen LogP contribution in [0.3, 0.4) is 0 Å². The van der Waals surface area contributed by atoms with Crippen molar-refractivity contribution in [3.63, 3.8) is 0 Å². The van der Waals surface area contributed by atoms with Gasteiger partial charge < -0.3 is 10.1 Å². The topological polar surface area (TPSA) is 21.3 Å². The maximum Gasteiger partial charge on any atom is 0.0565 e. The number of rotatable bonds is 3. The van der Waals surface area contributed by atoms with E-state index < -0.39 is 0 Å². The monoisotopic (exact) mass is 247 g/mol. The van der Waals surface area contributed by atoms with Gasteiger partial charge in [-0.25, -0.2) is 0 Å². The van der Waals surface area contributed by atoms with E-state index in [9.17, 15) is 0 Å². The summed E-state index contributed by atoms with van der Waals surface area (Å²) in [5.41, 5.74) is 0. The van der Waals surface area contributed by atoms with E-state index in [1.54, 1.807) is 0 Å². The lowest BCUT2D eigenvalue weighted by Crippen LogP contribution is -2.41. The highest BCUT2D eigenvalue weighted by atomic mass is 79.9. The predicted molar refractivity (Wildman–Crippen MR) is 59.1 cm³/mol. The van der Waals surface area contributed by atoms with Crippen LogP contribution in [0, 0.1) is 0 Å². The van der Waals surface area contributed by atoms with Crippen molar-refractivity contribution in [2.75, 3.05) is 6.54 Å². The van der Waals surface area contributed by atoms with Gasteiger partial charge in [0.05, 0.1) is 12.2 Å². The predicted octanol–water partition coefficient (Wildman–Crippen LogP) is 2.44. The van der Waals surface area contributed by atoms with Crippen molar-refractivity contribution in [2.24, 2.45) is 0 Å². The van der Waals surface area contributed by atoms with Gasteiger partial charge in [-0.15, -0.1) is 0 Å². The van der Waals surface area contributed by atoms with Gasteiger partial charge in [-0.3, -0.25) is 0 Å². The zero-order valence-electron chi connectivity index (χ0n) is 8.35. The third-order valence-electron chi connectivity index (χ3n) is 2.28. The molecule has 0 spiro atoms. The molecular weight excluding hydrogens is 230 g/mol. The van der Waals surface area contributed by atoms with Gasteiger partial charge in [0.2, 0.25) is 0 Å². The minimum Gasteiger partial charge on any atom is -0.375 e. The quantitative estimate of drug-likeness (QED) is 0.828. The van der Waals surface area contributed by atoms with Gasteiger partial charge in [0.15, 0.2) is 0 Å². The number of hydrogen-bond donors (Lipinski definition) is 1. The minimum atomic E-state index is 0.379. The smallest absolute Gasteiger partial charge is 0.0565 e. The van der Waals surface area contributed by atoms with E-state index >= 15 is 0 Å². The molecule has 2 unspecified atom stereocenters. The molecule has 0 saturated carbocycles. The van der Waals surface area contributed by atoms with Crippen LogP contribution in [-0.2, 0) is 4.74 Å². The number of ether oxygens (including phenoxy) is 1. The van der Waals surface area contributed by atoms with Crippen molar-refractivity contribution in [2.45, 2.75) is 44.9 Å². The van der Waals surface area contributed by atoms with Gasteiger partial charge in [0.25, 0.3) is 0 Å². The maximum atomic E-state index is 5.65. The average Bonchev–Trinajstić information content (AvgIpc) is 1.99. The third-order valence-corrected chi connectivity index (χ3v) is 2.56. The van der Waals surface area contributed by atoms with E-state index in [4.69, 9.17) is 4.74 Å². The molecule has 1 aliphatic heterocycles. The lowest BCUT2D eigenvalue weighted by atomic mass is 10.00. The molecule has 0 aromatic carbocycles. The third kappa shape index (κ3) is 4.25. The Hall–Kier alpha value is 0.140. The highest BCUT2D eigenvalue weighted by Crippen LogP contribution is 2.19. The van der Waals surface area contributed by atoms with Crippen molar-refractivity contribution < 1.29 is 4.74 Å². The summed E-state index contributed by atoms with van der Waals surface area (Å²) in [6.07, 6.45) is 2.96. The summed E-state index contributed by atoms with van der Waals surface area (Å²) in [6, 6.07) is 0.577. The van der Waals surface area contributed by atoms with Gasteiger partial charge in [-0.05, 0) is 26.7 Å². The summed E-state index contributed by atoms with van der Waals surface area (Å²) in [5, 5.41) is 3.46. The second kappa shape index (κ2) is 5.13. The first-order valence-electron chi connectivity index (χ1n) is 4.80. The van der Waals surface area contributed by atoms with Crippen LogP contribution in [0.15, 0.2) is 11.1 Å². The molecule has 13 heavy (non-hydrogen) atoms. The lowest BCUT2D eigenvalue weighted by molar-refractivity contribution is -0.0415. The first-order chi connectivity index (χ1) is 6.08. The Morgan fingerprint density at radius 2 is 2.00 bits per heavy atom. The zero-order chi connectivity index (χ0) is 9.84. The lowest BCUT2D eigenvalue weighted by Gasteiger charge is -2.32. The molecule has 0 radical (unpaired) electrons. The SMILES string of the molecule is C=C(Br)CNC1CC(C)OC(C)C1. The summed E-state index contributed by atoms with van der Waals surface area (Å²) in [7, 11) is 0. The maximum absolute atomic E-state index is 5.65. The summed E-state index contributed by atoms with van der Waals surface area (Å²) < 4.78 is 6.66. The van der Waals surface area contributed by atoms with Crippen LogP contribution in [-0.4, -0.2) is 24.8 Å². The minimum absolute atomic E-state index is 0.379. The Balaban J connectivity index is 2.28. The fourth-order valence-corrected chi connectivity index (χ4v) is 1.99. The number of nitrogens with one attached hydrogen (secondary N) is 1. The van der Waals surface area contributed by atoms with Crippen LogP contribution in [0.2, 0.25) is 0 Å². The molecular formula is C10H18BrNO. The van der Waals surface area contributed by atoms with Gasteiger partial charge in [0, 0.05) is 17.1 Å². The molecule has 1 rings (SSSR count). The summed E-state index contributed by atoms with van der Waals surface area (Å²) in [4.78, 5) is 0. The first-order valence-corrected chi connectivity index (χ1v) is 5.59. The molecule has 0 amide bonds. The van der Waals surface area contributed by atoms with E-state index in [2.05, 4.69) is 41.7 Å². The summed E-state index contributed by atoms with van der Waals surface area (Å²) in [5.74, 6) is 0. The Morgan fingerprint density at radius 3 is 2.46 bits per heavy atom. The Kier molecular flexibility index (Phi) is 4.42. The molecule has 2 nitrogen and oxygen atoms in total. The molecule has 3 heteroatoms. The molecule has 0 aliphatic carbocycles. The van der Waals surface area contributed by atoms with Gasteiger partial charge >= 0.3 is 0 Å². The molecule has 1 aliphatic rings. The second-order valence-electron chi connectivity index (χ2n) is 3.82. The molecule has 1 saturated heterocycles. The average molecular weight is 248 g/mol. The van der Waals surface area contributed by atoms with Crippen LogP contribution >= 0.6 is 15.9 Å². The number of halogens is 1. The second-order valence-corrected chi connectivity index (χ2v) is 4.95. The molecule has 1 N–H and O–H groups in total. The molecule has 76 valence electrons. The largest absolute Gasteiger partial charge is 0.375 e. The van der Waals surface area contributed by atoms with Crippen LogP contribution in [0.5, 0.6) is 0 Å². The van der Waals surface area contributed by atoms with E-state index in [1.165, 1.54) is 0 Å². The standard InChI is InChI=1S/C10H18BrNO/c1-7(11)6-12-10-4-8(2)13-9(3)5-10/h8-10,12H,1,4-6H2,2-3H3. The van der Waals surface area contributed by atoms with Crippen LogP contribution in [0.25, 0.3) is 0 Å². The molecule has 1 fully saturated rings. The molecule has 0 bridgehead atoms. The van der Waals surface area contributed by atoms with E-state index in [-0.39, 0.29) is 0 Å². The van der Waals surface area contributed by atoms with Gasteiger partial charge in [0.1, 0.15) is 0 Å². The van der Waals surface area contributed by atoms with E-state index in [0.717, 1.165) is 23.9 Å². The van der Waals surface area contributed by atoms with Crippen molar-refractivity contribution in [1.82, 2.24) is 5.32 Å². The summed E-state index contributed by atoms with van der Waals surface area (Å²) >= 11 is 3.34. The van der Waals surface area contributed by atoms with Crippen molar-refractivity contribution >= 4 is 15.9 Å². The van der Waals surface area contributed by atoms with Crippen molar-refractivity contribution in [1.29, 1.82) is 0 Å². The summed E-state index contributed by atoms with van der Waals surface area (Å²) in [6.45, 7) is 8.92. The Morgan fingerprint density at radius 1 is 1.46 bits per heavy atom. The highest BCUT2D eigenvalue weighted by Gasteiger charge is 2.23. The normalized spacial score (nSPS) is 34.5. The van der Waals surface area contributed by atoms with Gasteiger partial charge in [-0.1, -0.05) is 22.5 Å². The van der Waals surface area contributed by atoms with E-state index in [0.29, 0.717) is 18.2 Å². The van der Waals surface area contributed by atoms with Crippen LogP contribution in [0.4, 0.5) is 0 Å². The van der Waals surface area contributed by atoms with Crippen LogP contribution < -0.4 is 5.32 Å². The first kappa shape index (κ1) is 11.2. The molecule has 1 heterocycles. The Bertz CT molecular complexity index is 174. The van der Waals surface area contributed by atoms with Crippen LogP contribution in [0.1, 0.15) is 26.7 Å². The molecule has 2 atom stereocenters. The van der Waals surface area contributed by atoms with E-state index in [1.807, 2.05) is 0 Å². The highest BCUT2D eigenvalue weighted by molar-refractivity contribution is 9.11.